The number of rotatable bonds is 7. The van der Waals surface area contributed by atoms with E-state index in [0.29, 0.717) is 11.0 Å². The van der Waals surface area contributed by atoms with Gasteiger partial charge in [0, 0.05) is 19.3 Å². The van der Waals surface area contributed by atoms with Gasteiger partial charge in [-0.3, -0.25) is 9.88 Å². The van der Waals surface area contributed by atoms with Gasteiger partial charge in [-0.2, -0.15) is 0 Å². The first-order valence-corrected chi connectivity index (χ1v) is 12.6. The van der Waals surface area contributed by atoms with Crippen molar-refractivity contribution in [1.29, 1.82) is 0 Å². The average Bonchev–Trinajstić information content (AvgIpc) is 3.21. The molecule has 3 heterocycles. The summed E-state index contributed by atoms with van der Waals surface area (Å²) in [5.74, 6) is 1.30. The topological polar surface area (TPSA) is 59.5 Å². The summed E-state index contributed by atoms with van der Waals surface area (Å²) in [6, 6.07) is 12.0. The number of pyridine rings is 1. The molecule has 3 aromatic rings. The minimum atomic E-state index is -3.32. The van der Waals surface area contributed by atoms with Gasteiger partial charge in [-0.05, 0) is 66.9 Å². The Morgan fingerprint density at radius 3 is 2.76 bits per heavy atom. The van der Waals surface area contributed by atoms with E-state index in [9.17, 15) is 8.42 Å². The second-order valence-electron chi connectivity index (χ2n) is 8.11. The summed E-state index contributed by atoms with van der Waals surface area (Å²) in [5.41, 5.74) is 2.10. The fourth-order valence-electron chi connectivity index (χ4n) is 3.91. The van der Waals surface area contributed by atoms with Crippen LogP contribution in [0.5, 0.6) is 5.75 Å². The molecule has 0 unspecified atom stereocenters. The van der Waals surface area contributed by atoms with Crippen LogP contribution < -0.4 is 4.74 Å². The molecule has 1 atom stereocenters. The van der Waals surface area contributed by atoms with E-state index < -0.39 is 9.84 Å². The maximum Gasteiger partial charge on any atom is 0.180 e. The predicted molar refractivity (Wildman–Crippen MR) is 115 cm³/mol. The number of fused-ring (bicyclic) bond motifs is 1. The monoisotopic (exact) mass is 428 g/mol. The summed E-state index contributed by atoms with van der Waals surface area (Å²) < 4.78 is 32.5. The van der Waals surface area contributed by atoms with Crippen LogP contribution >= 0.6 is 11.3 Å². The second kappa shape index (κ2) is 7.70. The Bertz CT molecular complexity index is 1100. The van der Waals surface area contributed by atoms with Crippen LogP contribution in [0.3, 0.4) is 0 Å². The van der Waals surface area contributed by atoms with Gasteiger partial charge in [0.1, 0.15) is 5.75 Å². The van der Waals surface area contributed by atoms with Crippen LogP contribution in [0.25, 0.3) is 10.2 Å². The molecular weight excluding hydrogens is 404 g/mol. The smallest absolute Gasteiger partial charge is 0.180 e. The first kappa shape index (κ1) is 19.0. The summed E-state index contributed by atoms with van der Waals surface area (Å²) in [7, 11) is -3.32. The van der Waals surface area contributed by atoms with Crippen LogP contribution in [0, 0.1) is 5.92 Å². The van der Waals surface area contributed by atoms with Gasteiger partial charge in [0.2, 0.25) is 0 Å². The van der Waals surface area contributed by atoms with Gasteiger partial charge in [-0.1, -0.05) is 12.1 Å². The number of nitrogens with zero attached hydrogens (tertiary/aromatic N) is 2. The van der Waals surface area contributed by atoms with Crippen molar-refractivity contribution in [2.24, 2.45) is 5.92 Å². The number of aromatic nitrogens is 1. The number of benzene rings is 1. The first-order valence-electron chi connectivity index (χ1n) is 10.1. The third-order valence-corrected chi connectivity index (χ3v) is 8.32. The molecule has 29 heavy (non-hydrogen) atoms. The number of hydrogen-bond donors (Lipinski definition) is 0. The number of hydrogen-bond acceptors (Lipinski definition) is 6. The molecule has 0 radical (unpaired) electrons. The van der Waals surface area contributed by atoms with Gasteiger partial charge < -0.3 is 4.74 Å². The summed E-state index contributed by atoms with van der Waals surface area (Å²) in [6.07, 6.45) is 5.16. The highest BCUT2D eigenvalue weighted by Crippen LogP contribution is 2.28. The molecule has 5 rings (SSSR count). The van der Waals surface area contributed by atoms with E-state index in [1.807, 2.05) is 23.6 Å². The zero-order chi connectivity index (χ0) is 19.8. The third-order valence-electron chi connectivity index (χ3n) is 5.62. The van der Waals surface area contributed by atoms with E-state index >= 15 is 0 Å². The summed E-state index contributed by atoms with van der Waals surface area (Å²) >= 11 is 1.53. The molecule has 2 aliphatic rings. The maximum atomic E-state index is 12.9. The van der Waals surface area contributed by atoms with Gasteiger partial charge >= 0.3 is 0 Å². The van der Waals surface area contributed by atoms with Gasteiger partial charge in [0.05, 0.1) is 27.0 Å². The van der Waals surface area contributed by atoms with Gasteiger partial charge in [0.15, 0.2) is 9.84 Å². The lowest BCUT2D eigenvalue weighted by molar-refractivity contribution is 0.302. The fraction of sp³-hybridized carbons (Fsp3) is 0.409. The summed E-state index contributed by atoms with van der Waals surface area (Å²) in [6.45, 7) is 2.60. The van der Waals surface area contributed by atoms with Crippen molar-refractivity contribution in [2.75, 3.05) is 18.8 Å². The molecule has 2 aromatic heterocycles. The van der Waals surface area contributed by atoms with Crippen LogP contribution in [0.2, 0.25) is 0 Å². The number of thiophene rings is 1. The number of sulfone groups is 1. The van der Waals surface area contributed by atoms with Gasteiger partial charge in [0.25, 0.3) is 0 Å². The molecule has 0 amide bonds. The normalized spacial score (nSPS) is 20.3. The molecule has 2 fully saturated rings. The van der Waals surface area contributed by atoms with Crippen LogP contribution in [0.4, 0.5) is 0 Å². The van der Waals surface area contributed by atoms with Crippen molar-refractivity contribution >= 4 is 31.4 Å². The Hall–Kier alpha value is -1.96. The molecule has 1 saturated carbocycles. The molecule has 1 aromatic carbocycles. The van der Waals surface area contributed by atoms with Crippen molar-refractivity contribution in [2.45, 2.75) is 36.8 Å². The highest BCUT2D eigenvalue weighted by molar-refractivity contribution is 7.91. The van der Waals surface area contributed by atoms with Crippen molar-refractivity contribution in [3.8, 4) is 5.75 Å². The molecule has 1 aliphatic heterocycles. The first-order chi connectivity index (χ1) is 14.0. The zero-order valence-electron chi connectivity index (χ0n) is 16.2. The van der Waals surface area contributed by atoms with Crippen molar-refractivity contribution in [3.05, 3.63) is 53.5 Å². The molecule has 1 aliphatic carbocycles. The minimum Gasteiger partial charge on any atom is -0.490 e. The Kier molecular flexibility index (Phi) is 5.05. The summed E-state index contributed by atoms with van der Waals surface area (Å²) in [5, 5.41) is 1.94. The highest BCUT2D eigenvalue weighted by Gasteiger charge is 2.29. The van der Waals surface area contributed by atoms with Crippen molar-refractivity contribution in [1.82, 2.24) is 9.88 Å². The minimum absolute atomic E-state index is 0.163. The molecule has 0 N–H and O–H groups in total. The number of likely N-dealkylation sites (tertiary alicyclic amines) is 1. The molecule has 1 saturated heterocycles. The highest BCUT2D eigenvalue weighted by atomic mass is 32.2. The quantitative estimate of drug-likeness (QED) is 0.566. The van der Waals surface area contributed by atoms with Crippen LogP contribution in [-0.2, 0) is 16.4 Å². The van der Waals surface area contributed by atoms with Crippen LogP contribution in [0.1, 0.15) is 24.8 Å². The zero-order valence-corrected chi connectivity index (χ0v) is 17.8. The number of ether oxygens (including phenoxy) is 1. The average molecular weight is 429 g/mol. The van der Waals surface area contributed by atoms with Crippen molar-refractivity contribution < 1.29 is 13.2 Å². The van der Waals surface area contributed by atoms with E-state index in [4.69, 9.17) is 4.74 Å². The summed E-state index contributed by atoms with van der Waals surface area (Å²) in [4.78, 5) is 6.98. The Morgan fingerprint density at radius 1 is 1.14 bits per heavy atom. The van der Waals surface area contributed by atoms with Crippen LogP contribution in [-0.4, -0.2) is 43.2 Å². The van der Waals surface area contributed by atoms with Crippen molar-refractivity contribution in [3.63, 3.8) is 0 Å². The van der Waals surface area contributed by atoms with E-state index in [1.54, 1.807) is 6.07 Å². The SMILES string of the molecule is O=S(=O)(C[C@@H]1CCN(Cc2ccc(OC3CC3)cc2)C1)c1cnc2ccsc2c1. The second-order valence-corrected chi connectivity index (χ2v) is 11.1. The lowest BCUT2D eigenvalue weighted by atomic mass is 10.1. The molecular formula is C22H24N2O3S2. The van der Waals surface area contributed by atoms with E-state index in [0.717, 1.165) is 54.9 Å². The molecule has 152 valence electrons. The molecule has 7 heteroatoms. The van der Waals surface area contributed by atoms with Gasteiger partial charge in [-0.25, -0.2) is 8.42 Å². The van der Waals surface area contributed by atoms with E-state index in [2.05, 4.69) is 22.0 Å². The van der Waals surface area contributed by atoms with E-state index in [1.165, 1.54) is 23.1 Å². The van der Waals surface area contributed by atoms with Crippen LogP contribution in [0.15, 0.2) is 52.9 Å². The predicted octanol–water partition coefficient (Wildman–Crippen LogP) is 4.13. The Morgan fingerprint density at radius 2 is 1.97 bits per heavy atom. The lowest BCUT2D eigenvalue weighted by Crippen LogP contribution is -2.23. The Labute approximate surface area is 175 Å². The molecule has 5 nitrogen and oxygen atoms in total. The van der Waals surface area contributed by atoms with E-state index in [-0.39, 0.29) is 11.7 Å². The van der Waals surface area contributed by atoms with Gasteiger partial charge in [-0.15, -0.1) is 11.3 Å². The lowest BCUT2D eigenvalue weighted by Gasteiger charge is -2.16. The maximum absolute atomic E-state index is 12.9. The Balaban J connectivity index is 1.19. The molecule has 0 bridgehead atoms. The standard InChI is InChI=1S/C22H24N2O3S2/c25-29(26,20-11-22-21(23-12-20)8-10-28-22)15-17-7-9-24(14-17)13-16-1-3-18(4-2-16)27-19-5-6-19/h1-4,8,10-12,17,19H,5-7,9,13-15H2/t17-/m1/s1. The molecule has 0 spiro atoms. The largest absolute Gasteiger partial charge is 0.490 e. The third kappa shape index (κ3) is 4.47. The fourth-order valence-corrected chi connectivity index (χ4v) is 6.36.